The first kappa shape index (κ1) is 12.0. The van der Waals surface area contributed by atoms with Crippen molar-refractivity contribution in [1.82, 2.24) is 4.90 Å². The van der Waals surface area contributed by atoms with Crippen LogP contribution < -0.4 is 0 Å². The summed E-state index contributed by atoms with van der Waals surface area (Å²) in [5, 5.41) is 0. The number of hydrogen-bond donors (Lipinski definition) is 0. The van der Waals surface area contributed by atoms with Gasteiger partial charge in [-0.25, -0.2) is 0 Å². The first-order valence-corrected chi connectivity index (χ1v) is 5.63. The van der Waals surface area contributed by atoms with E-state index in [9.17, 15) is 4.79 Å². The van der Waals surface area contributed by atoms with Gasteiger partial charge >= 0.3 is 0 Å². The minimum Gasteiger partial charge on any atom is -0.377 e. The molecule has 0 unspecified atom stereocenters. The molecule has 1 rings (SSSR count). The Morgan fingerprint density at radius 1 is 1.50 bits per heavy atom. The van der Waals surface area contributed by atoms with Crippen LogP contribution in [-0.2, 0) is 9.53 Å². The molecule has 82 valence electrons. The maximum Gasteiger partial charge on any atom is 0.239 e. The molecule has 0 N–H and O–H groups in total. The van der Waals surface area contributed by atoms with Gasteiger partial charge in [0.1, 0.15) is 0 Å². The summed E-state index contributed by atoms with van der Waals surface area (Å²) in [5.41, 5.74) is -0.194. The van der Waals surface area contributed by atoms with Crippen molar-refractivity contribution in [2.24, 2.45) is 0 Å². The Labute approximate surface area is 93.9 Å². The van der Waals surface area contributed by atoms with Crippen LogP contribution in [0, 0.1) is 0 Å². The summed E-state index contributed by atoms with van der Waals surface area (Å²) in [7, 11) is 0. The van der Waals surface area contributed by atoms with Crippen LogP contribution in [0.1, 0.15) is 27.7 Å². The van der Waals surface area contributed by atoms with Gasteiger partial charge < -0.3 is 9.64 Å². The summed E-state index contributed by atoms with van der Waals surface area (Å²) in [6, 6.07) is 0. The van der Waals surface area contributed by atoms with Gasteiger partial charge in [-0.1, -0.05) is 15.9 Å². The molecule has 0 atom stereocenters. The molecule has 0 aliphatic carbocycles. The van der Waals surface area contributed by atoms with Crippen LogP contribution in [0.2, 0.25) is 0 Å². The summed E-state index contributed by atoms with van der Waals surface area (Å²) in [5.74, 6) is 0.130. The number of carbonyl (C=O) groups is 1. The van der Waals surface area contributed by atoms with Crippen LogP contribution in [-0.4, -0.2) is 40.4 Å². The number of ether oxygens (including phenoxy) is 1. The molecule has 3 nitrogen and oxygen atoms in total. The number of alkyl halides is 1. The van der Waals surface area contributed by atoms with Gasteiger partial charge in [-0.3, -0.25) is 4.79 Å². The highest BCUT2D eigenvalue weighted by Gasteiger charge is 2.39. The predicted octanol–water partition coefficient (Wildman–Crippen LogP) is 1.80. The molecule has 0 spiro atoms. The van der Waals surface area contributed by atoms with E-state index in [1.807, 2.05) is 32.6 Å². The molecule has 1 heterocycles. The van der Waals surface area contributed by atoms with Gasteiger partial charge in [0.15, 0.2) is 0 Å². The Morgan fingerprint density at radius 3 is 2.50 bits per heavy atom. The summed E-state index contributed by atoms with van der Waals surface area (Å²) in [6.45, 7) is 9.74. The summed E-state index contributed by atoms with van der Waals surface area (Å²) in [4.78, 5) is 14.0. The second-order valence-electron chi connectivity index (χ2n) is 4.79. The zero-order valence-corrected chi connectivity index (χ0v) is 10.8. The molecule has 0 aromatic heterocycles. The summed E-state index contributed by atoms with van der Waals surface area (Å²) < 4.78 is 4.88. The number of morpholine rings is 1. The fraction of sp³-hybridized carbons (Fsp3) is 0.900. The van der Waals surface area contributed by atoms with Crippen LogP contribution >= 0.6 is 15.9 Å². The van der Waals surface area contributed by atoms with Crippen molar-refractivity contribution in [3.8, 4) is 0 Å². The third-order valence-electron chi connectivity index (χ3n) is 2.40. The molecule has 4 heteroatoms. The predicted molar refractivity (Wildman–Crippen MR) is 59.6 cm³/mol. The highest BCUT2D eigenvalue weighted by molar-refractivity contribution is 9.10. The molecule has 0 saturated carbocycles. The molecular formula is C10H18BrNO2. The Bertz CT molecular complexity index is 233. The molecule has 1 amide bonds. The van der Waals surface area contributed by atoms with Gasteiger partial charge in [-0.05, 0) is 27.7 Å². The van der Waals surface area contributed by atoms with Crippen molar-refractivity contribution >= 4 is 21.8 Å². The lowest BCUT2D eigenvalue weighted by Gasteiger charge is -2.44. The third-order valence-corrected chi connectivity index (χ3v) is 2.74. The van der Waals surface area contributed by atoms with Gasteiger partial charge in [-0.2, -0.15) is 0 Å². The maximum absolute atomic E-state index is 12.1. The number of rotatable bonds is 1. The number of halogens is 1. The lowest BCUT2D eigenvalue weighted by atomic mass is 10.00. The van der Waals surface area contributed by atoms with Crippen LogP contribution in [0.25, 0.3) is 0 Å². The smallest absolute Gasteiger partial charge is 0.239 e. The highest BCUT2D eigenvalue weighted by atomic mass is 79.9. The first-order valence-electron chi connectivity index (χ1n) is 4.84. The molecule has 1 fully saturated rings. The minimum atomic E-state index is -0.485. The Balaban J connectivity index is 2.80. The Hall–Kier alpha value is -0.0900. The van der Waals surface area contributed by atoms with Crippen LogP contribution in [0.15, 0.2) is 0 Å². The van der Waals surface area contributed by atoms with Gasteiger partial charge in [0.25, 0.3) is 0 Å². The van der Waals surface area contributed by atoms with E-state index in [1.54, 1.807) is 0 Å². The van der Waals surface area contributed by atoms with E-state index in [2.05, 4.69) is 15.9 Å². The first-order chi connectivity index (χ1) is 6.25. The fourth-order valence-corrected chi connectivity index (χ4v) is 1.77. The van der Waals surface area contributed by atoms with E-state index in [0.717, 1.165) is 0 Å². The number of carbonyl (C=O) groups excluding carboxylic acids is 1. The van der Waals surface area contributed by atoms with Gasteiger partial charge in [0.2, 0.25) is 5.91 Å². The molecule has 0 bridgehead atoms. The van der Waals surface area contributed by atoms with Crippen LogP contribution in [0.4, 0.5) is 0 Å². The van der Waals surface area contributed by atoms with Crippen molar-refractivity contribution in [2.75, 3.05) is 19.8 Å². The normalized spacial score (nSPS) is 22.2. The van der Waals surface area contributed by atoms with Crippen molar-refractivity contribution in [3.63, 3.8) is 0 Å². The average molecular weight is 264 g/mol. The molecule has 1 aliphatic heterocycles. The van der Waals surface area contributed by atoms with Crippen molar-refractivity contribution in [1.29, 1.82) is 0 Å². The largest absolute Gasteiger partial charge is 0.377 e. The lowest BCUT2D eigenvalue weighted by Crippen LogP contribution is -2.59. The van der Waals surface area contributed by atoms with Gasteiger partial charge in [-0.15, -0.1) is 0 Å². The van der Waals surface area contributed by atoms with E-state index < -0.39 is 4.32 Å². The highest BCUT2D eigenvalue weighted by Crippen LogP contribution is 2.26. The van der Waals surface area contributed by atoms with Crippen molar-refractivity contribution in [2.45, 2.75) is 37.6 Å². The molecule has 0 aromatic carbocycles. The second kappa shape index (κ2) is 3.81. The zero-order chi connectivity index (χ0) is 11.0. The molecule has 1 saturated heterocycles. The molecule has 14 heavy (non-hydrogen) atoms. The summed E-state index contributed by atoms with van der Waals surface area (Å²) >= 11 is 3.40. The van der Waals surface area contributed by atoms with Crippen LogP contribution in [0.3, 0.4) is 0 Å². The van der Waals surface area contributed by atoms with E-state index >= 15 is 0 Å². The van der Waals surface area contributed by atoms with E-state index in [4.69, 9.17) is 4.74 Å². The minimum absolute atomic E-state index is 0.130. The van der Waals surface area contributed by atoms with Crippen molar-refractivity contribution in [3.05, 3.63) is 0 Å². The average Bonchev–Trinajstić information content (AvgIpc) is 2.00. The van der Waals surface area contributed by atoms with Crippen molar-refractivity contribution < 1.29 is 9.53 Å². The Kier molecular flexibility index (Phi) is 3.26. The molecule has 1 aliphatic rings. The number of hydrogen-bond acceptors (Lipinski definition) is 2. The third kappa shape index (κ3) is 2.48. The van der Waals surface area contributed by atoms with E-state index in [1.165, 1.54) is 0 Å². The standard InChI is InChI=1S/C10H18BrNO2/c1-9(2)7-14-6-5-12(9)8(13)10(3,4)11/h5-7H2,1-4H3. The molecule has 0 radical (unpaired) electrons. The topological polar surface area (TPSA) is 29.5 Å². The molecule has 0 aromatic rings. The van der Waals surface area contributed by atoms with Gasteiger partial charge in [0.05, 0.1) is 23.1 Å². The van der Waals surface area contributed by atoms with E-state index in [0.29, 0.717) is 19.8 Å². The molecular weight excluding hydrogens is 246 g/mol. The summed E-state index contributed by atoms with van der Waals surface area (Å²) in [6.07, 6.45) is 0. The maximum atomic E-state index is 12.1. The quantitative estimate of drug-likeness (QED) is 0.676. The SMILES string of the molecule is CC(C)(Br)C(=O)N1CCOCC1(C)C. The fourth-order valence-electron chi connectivity index (χ4n) is 1.56. The Morgan fingerprint density at radius 2 is 2.07 bits per heavy atom. The lowest BCUT2D eigenvalue weighted by molar-refractivity contribution is -0.147. The second-order valence-corrected chi connectivity index (χ2v) is 6.78. The zero-order valence-electron chi connectivity index (χ0n) is 9.26. The number of amides is 1. The monoisotopic (exact) mass is 263 g/mol. The van der Waals surface area contributed by atoms with Crippen LogP contribution in [0.5, 0.6) is 0 Å². The van der Waals surface area contributed by atoms with Gasteiger partial charge in [0, 0.05) is 6.54 Å². The van der Waals surface area contributed by atoms with E-state index in [-0.39, 0.29) is 11.4 Å². The number of nitrogens with zero attached hydrogens (tertiary/aromatic N) is 1.